The summed E-state index contributed by atoms with van der Waals surface area (Å²) in [5.74, 6) is 0. The van der Waals surface area contributed by atoms with Gasteiger partial charge in [-0.3, -0.25) is 0 Å². The Labute approximate surface area is 57.5 Å². The smallest absolute Gasteiger partial charge is 0.0760 e. The van der Waals surface area contributed by atoms with Crippen molar-refractivity contribution >= 4 is 0 Å². The van der Waals surface area contributed by atoms with Crippen LogP contribution in [0.5, 0.6) is 0 Å². The summed E-state index contributed by atoms with van der Waals surface area (Å²) in [6.45, 7) is 15.6. The van der Waals surface area contributed by atoms with Crippen molar-refractivity contribution in [2.24, 2.45) is 0 Å². The summed E-state index contributed by atoms with van der Waals surface area (Å²) in [7, 11) is 0. The Morgan fingerprint density at radius 1 is 1.33 bits per heavy atom. The van der Waals surface area contributed by atoms with E-state index in [1.807, 2.05) is 0 Å². The molecule has 0 heterocycles. The van der Waals surface area contributed by atoms with E-state index in [1.54, 1.807) is 0 Å². The minimum absolute atomic E-state index is 0.620. The van der Waals surface area contributed by atoms with Gasteiger partial charge in [0.1, 0.15) is 0 Å². The van der Waals surface area contributed by atoms with Crippen molar-refractivity contribution in [3.63, 3.8) is 0 Å². The van der Waals surface area contributed by atoms with Crippen LogP contribution in [0.15, 0.2) is 24.3 Å². The fraction of sp³-hybridized carbons (Fsp3) is 0.250. The topological polar surface area (TPSA) is 14.1 Å². The molecule has 0 rings (SSSR count). The first-order valence-electron chi connectivity index (χ1n) is 2.75. The number of nitrogens with zero attached hydrogens (tertiary/aromatic N) is 1. The Bertz CT molecular complexity index is 99.7. The molecule has 0 amide bonds. The van der Waals surface area contributed by atoms with Crippen molar-refractivity contribution in [2.45, 2.75) is 0 Å². The second-order valence-electron chi connectivity index (χ2n) is 2.04. The lowest BCUT2D eigenvalue weighted by molar-refractivity contribution is 1.20. The van der Waals surface area contributed by atoms with E-state index >= 15 is 0 Å². The zero-order valence-corrected chi connectivity index (χ0v) is 5.69. The van der Waals surface area contributed by atoms with E-state index in [-0.39, 0.29) is 0 Å². The molecule has 1 nitrogen and oxygen atoms in total. The van der Waals surface area contributed by atoms with E-state index in [0.29, 0.717) is 13.1 Å². The second-order valence-corrected chi connectivity index (χ2v) is 2.04. The highest BCUT2D eigenvalue weighted by Gasteiger charge is 1.79. The molecule has 0 fully saturated rings. The summed E-state index contributed by atoms with van der Waals surface area (Å²) in [5, 5.41) is 4.05. The molecule has 49 valence electrons. The lowest BCUT2D eigenvalue weighted by Gasteiger charge is -2.15. The molecule has 1 heteroatoms. The molecular weight excluding hydrogens is 110 g/mol. The third-order valence-electron chi connectivity index (χ3n) is 0.671. The minimum Gasteiger partial charge on any atom is -0.652 e. The molecule has 0 aliphatic heterocycles. The van der Waals surface area contributed by atoms with Gasteiger partial charge in [-0.05, 0) is 6.92 Å². The third-order valence-corrected chi connectivity index (χ3v) is 0.671. The fourth-order valence-electron chi connectivity index (χ4n) is 0.372. The average Bonchev–Trinajstić information content (AvgIpc) is 1.63. The first kappa shape index (κ1) is 8.31. The summed E-state index contributed by atoms with van der Waals surface area (Å²) in [4.78, 5) is 0. The molecule has 0 bridgehead atoms. The highest BCUT2D eigenvalue weighted by atomic mass is 14.8. The number of hydrogen-bond acceptors (Lipinski definition) is 0. The molecular formula is C8H12N. The lowest BCUT2D eigenvalue weighted by Crippen LogP contribution is -1.89. The summed E-state index contributed by atoms with van der Waals surface area (Å²) in [6.07, 6.45) is 0. The Morgan fingerprint density at radius 2 is 1.89 bits per heavy atom. The highest BCUT2D eigenvalue weighted by Crippen LogP contribution is 1.98. The van der Waals surface area contributed by atoms with Crippen molar-refractivity contribution < 1.29 is 0 Å². The van der Waals surface area contributed by atoms with Gasteiger partial charge in [-0.1, -0.05) is 12.1 Å². The van der Waals surface area contributed by atoms with Gasteiger partial charge in [0.15, 0.2) is 0 Å². The predicted octanol–water partition coefficient (Wildman–Crippen LogP) is 2.14. The van der Waals surface area contributed by atoms with Crippen molar-refractivity contribution in [1.29, 1.82) is 0 Å². The largest absolute Gasteiger partial charge is 0.652 e. The number of rotatable bonds is 4. The molecule has 0 spiro atoms. The Hall–Kier alpha value is -0.690. The lowest BCUT2D eigenvalue weighted by atomic mass is 10.3. The molecule has 0 aliphatic rings. The quantitative estimate of drug-likeness (QED) is 0.507. The molecule has 0 saturated heterocycles. The predicted molar refractivity (Wildman–Crippen MR) is 42.1 cm³/mol. The summed E-state index contributed by atoms with van der Waals surface area (Å²) < 4.78 is 0. The molecule has 0 aliphatic carbocycles. The van der Waals surface area contributed by atoms with E-state index in [4.69, 9.17) is 0 Å². The standard InChI is InChI=1S/C8H12N/c1-7(2)5-9-6-8(3)4/h1-6H2. The number of hydrogen-bond donors (Lipinski definition) is 0. The first-order valence-corrected chi connectivity index (χ1v) is 2.75. The molecule has 0 aromatic carbocycles. The summed E-state index contributed by atoms with van der Waals surface area (Å²) in [5.41, 5.74) is 1.66. The summed E-state index contributed by atoms with van der Waals surface area (Å²) in [6, 6.07) is 0. The molecule has 0 aromatic rings. The van der Waals surface area contributed by atoms with Crippen LogP contribution >= 0.6 is 0 Å². The monoisotopic (exact) mass is 122 g/mol. The Balaban J connectivity index is 3.10. The Kier molecular flexibility index (Phi) is 3.89. The second kappa shape index (κ2) is 4.21. The van der Waals surface area contributed by atoms with Crippen molar-refractivity contribution in [3.8, 4) is 0 Å². The van der Waals surface area contributed by atoms with E-state index in [1.165, 1.54) is 0 Å². The zero-order chi connectivity index (χ0) is 7.28. The molecule has 0 aromatic heterocycles. The molecule has 0 atom stereocenters. The van der Waals surface area contributed by atoms with Crippen LogP contribution in [0.1, 0.15) is 0 Å². The van der Waals surface area contributed by atoms with Crippen LogP contribution in [0.2, 0.25) is 0 Å². The van der Waals surface area contributed by atoms with E-state index in [0.717, 1.165) is 11.1 Å². The van der Waals surface area contributed by atoms with Crippen LogP contribution in [0, 0.1) is 13.8 Å². The molecule has 1 radical (unpaired) electrons. The van der Waals surface area contributed by atoms with E-state index in [9.17, 15) is 0 Å². The van der Waals surface area contributed by atoms with Crippen LogP contribution < -0.4 is 0 Å². The van der Waals surface area contributed by atoms with E-state index < -0.39 is 0 Å². The van der Waals surface area contributed by atoms with Gasteiger partial charge in [-0.25, -0.2) is 0 Å². The maximum atomic E-state index is 4.05. The van der Waals surface area contributed by atoms with Crippen molar-refractivity contribution in [2.75, 3.05) is 13.1 Å². The normalized spacial score (nSPS) is 9.00. The maximum Gasteiger partial charge on any atom is 0.0760 e. The minimum atomic E-state index is 0.620. The first-order chi connectivity index (χ1) is 4.13. The van der Waals surface area contributed by atoms with Gasteiger partial charge >= 0.3 is 0 Å². The SMILES string of the molecule is [CH2]C(=C)C[N-]CC(=C)[CH2+]. The van der Waals surface area contributed by atoms with Crippen molar-refractivity contribution in [1.82, 2.24) is 0 Å². The fourth-order valence-corrected chi connectivity index (χ4v) is 0.372. The van der Waals surface area contributed by atoms with Crippen LogP contribution in [0.25, 0.3) is 5.32 Å². The van der Waals surface area contributed by atoms with Gasteiger partial charge in [0.2, 0.25) is 0 Å². The zero-order valence-electron chi connectivity index (χ0n) is 5.69. The van der Waals surface area contributed by atoms with Crippen LogP contribution in [0.3, 0.4) is 0 Å². The molecule has 0 saturated carbocycles. The highest BCUT2D eigenvalue weighted by molar-refractivity contribution is 5.14. The van der Waals surface area contributed by atoms with Gasteiger partial charge in [0, 0.05) is 13.5 Å². The molecule has 0 N–H and O–H groups in total. The van der Waals surface area contributed by atoms with Gasteiger partial charge in [-0.15, -0.1) is 13.1 Å². The Morgan fingerprint density at radius 3 is 2.22 bits per heavy atom. The van der Waals surface area contributed by atoms with Crippen molar-refractivity contribution in [3.05, 3.63) is 43.5 Å². The van der Waals surface area contributed by atoms with Gasteiger partial charge in [-0.2, -0.15) is 0 Å². The van der Waals surface area contributed by atoms with Gasteiger partial charge < -0.3 is 5.32 Å². The molecule has 9 heavy (non-hydrogen) atoms. The van der Waals surface area contributed by atoms with Crippen LogP contribution in [0.4, 0.5) is 0 Å². The molecule has 0 unspecified atom stereocenters. The van der Waals surface area contributed by atoms with Gasteiger partial charge in [0.05, 0.1) is 5.57 Å². The van der Waals surface area contributed by atoms with Crippen LogP contribution in [-0.2, 0) is 0 Å². The van der Waals surface area contributed by atoms with E-state index in [2.05, 4.69) is 32.3 Å². The third kappa shape index (κ3) is 7.31. The average molecular weight is 122 g/mol. The van der Waals surface area contributed by atoms with Gasteiger partial charge in [0.25, 0.3) is 0 Å². The van der Waals surface area contributed by atoms with Crippen LogP contribution in [-0.4, -0.2) is 13.1 Å². The maximum absolute atomic E-state index is 4.05. The summed E-state index contributed by atoms with van der Waals surface area (Å²) >= 11 is 0.